The average molecular weight is 276 g/mol. The second kappa shape index (κ2) is 6.73. The van der Waals surface area contributed by atoms with E-state index >= 15 is 0 Å². The van der Waals surface area contributed by atoms with Crippen LogP contribution in [0.1, 0.15) is 55.6 Å². The third-order valence-corrected chi connectivity index (χ3v) is 4.10. The van der Waals surface area contributed by atoms with Gasteiger partial charge >= 0.3 is 5.97 Å². The van der Waals surface area contributed by atoms with E-state index in [0.29, 0.717) is 17.3 Å². The van der Waals surface area contributed by atoms with Crippen molar-refractivity contribution in [3.8, 4) is 0 Å². The molecule has 2 rings (SSSR count). The van der Waals surface area contributed by atoms with Crippen molar-refractivity contribution >= 4 is 11.8 Å². The summed E-state index contributed by atoms with van der Waals surface area (Å²) in [4.78, 5) is 15.6. The molecule has 110 valence electrons. The molecule has 0 saturated heterocycles. The highest BCUT2D eigenvalue weighted by Gasteiger charge is 2.18. The van der Waals surface area contributed by atoms with E-state index in [9.17, 15) is 4.79 Å². The van der Waals surface area contributed by atoms with Crippen molar-refractivity contribution in [1.29, 1.82) is 0 Å². The zero-order valence-corrected chi connectivity index (χ0v) is 12.4. The summed E-state index contributed by atoms with van der Waals surface area (Å²) in [6.45, 7) is 5.19. The number of rotatable bonds is 5. The van der Waals surface area contributed by atoms with Crippen molar-refractivity contribution in [3.63, 3.8) is 0 Å². The van der Waals surface area contributed by atoms with E-state index in [4.69, 9.17) is 5.11 Å². The number of aromatic carboxylic acids is 1. The molecule has 1 aliphatic rings. The fourth-order valence-corrected chi connectivity index (χ4v) is 2.98. The highest BCUT2D eigenvalue weighted by molar-refractivity contribution is 5.88. The summed E-state index contributed by atoms with van der Waals surface area (Å²) in [6.07, 6.45) is 5.90. The standard InChI is InChI=1S/C16H24N2O2/c1-3-14-8-13(16(19)20)9-15(18-14)17-10-12-6-4-5-11(2)7-12/h8-9,11-12H,3-7,10H2,1-2H3,(H,17,18)(H,19,20). The van der Waals surface area contributed by atoms with Gasteiger partial charge in [-0.25, -0.2) is 9.78 Å². The summed E-state index contributed by atoms with van der Waals surface area (Å²) >= 11 is 0. The van der Waals surface area contributed by atoms with Crippen LogP contribution in [0.3, 0.4) is 0 Å². The van der Waals surface area contributed by atoms with Gasteiger partial charge in [0.2, 0.25) is 0 Å². The molecule has 2 unspecified atom stereocenters. The van der Waals surface area contributed by atoms with Crippen molar-refractivity contribution in [2.45, 2.75) is 46.0 Å². The van der Waals surface area contributed by atoms with Crippen LogP contribution in [-0.4, -0.2) is 22.6 Å². The Morgan fingerprint density at radius 3 is 2.90 bits per heavy atom. The number of nitrogens with one attached hydrogen (secondary N) is 1. The number of carboxylic acids is 1. The number of carboxylic acid groups (broad SMARTS) is 1. The summed E-state index contributed by atoms with van der Waals surface area (Å²) in [5, 5.41) is 12.5. The lowest BCUT2D eigenvalue weighted by molar-refractivity contribution is 0.0696. The molecule has 1 aliphatic carbocycles. The van der Waals surface area contributed by atoms with Gasteiger partial charge in [-0.3, -0.25) is 0 Å². The topological polar surface area (TPSA) is 62.2 Å². The van der Waals surface area contributed by atoms with E-state index in [0.717, 1.165) is 24.6 Å². The smallest absolute Gasteiger partial charge is 0.335 e. The van der Waals surface area contributed by atoms with Gasteiger partial charge in [0.1, 0.15) is 5.82 Å². The van der Waals surface area contributed by atoms with Gasteiger partial charge in [-0.05, 0) is 43.2 Å². The Balaban J connectivity index is 2.01. The average Bonchev–Trinajstić information content (AvgIpc) is 2.45. The highest BCUT2D eigenvalue weighted by atomic mass is 16.4. The third kappa shape index (κ3) is 3.95. The van der Waals surface area contributed by atoms with E-state index in [1.165, 1.54) is 25.7 Å². The fourth-order valence-electron chi connectivity index (χ4n) is 2.98. The van der Waals surface area contributed by atoms with Crippen molar-refractivity contribution in [2.75, 3.05) is 11.9 Å². The van der Waals surface area contributed by atoms with Gasteiger partial charge in [0, 0.05) is 12.2 Å². The van der Waals surface area contributed by atoms with Crippen LogP contribution in [0.5, 0.6) is 0 Å². The number of anilines is 1. The Labute approximate surface area is 120 Å². The van der Waals surface area contributed by atoms with E-state index < -0.39 is 5.97 Å². The monoisotopic (exact) mass is 276 g/mol. The van der Waals surface area contributed by atoms with Crippen molar-refractivity contribution in [3.05, 3.63) is 23.4 Å². The maximum absolute atomic E-state index is 11.1. The first-order valence-electron chi connectivity index (χ1n) is 7.56. The van der Waals surface area contributed by atoms with Gasteiger partial charge in [0.25, 0.3) is 0 Å². The Kier molecular flexibility index (Phi) is 4.99. The van der Waals surface area contributed by atoms with Crippen molar-refractivity contribution < 1.29 is 9.90 Å². The van der Waals surface area contributed by atoms with Crippen LogP contribution in [0, 0.1) is 11.8 Å². The lowest BCUT2D eigenvalue weighted by Gasteiger charge is -2.27. The first kappa shape index (κ1) is 14.8. The predicted molar refractivity (Wildman–Crippen MR) is 80.2 cm³/mol. The van der Waals surface area contributed by atoms with E-state index in [-0.39, 0.29) is 0 Å². The molecule has 1 saturated carbocycles. The molecule has 1 aromatic rings. The van der Waals surface area contributed by atoms with E-state index in [1.807, 2.05) is 6.92 Å². The summed E-state index contributed by atoms with van der Waals surface area (Å²) in [7, 11) is 0. The molecule has 0 amide bonds. The van der Waals surface area contributed by atoms with Gasteiger partial charge in [-0.1, -0.05) is 26.7 Å². The molecule has 0 aromatic carbocycles. The largest absolute Gasteiger partial charge is 0.478 e. The molecule has 0 radical (unpaired) electrons. The fraction of sp³-hybridized carbons (Fsp3) is 0.625. The Hall–Kier alpha value is -1.58. The molecule has 0 aliphatic heterocycles. The first-order valence-corrected chi connectivity index (χ1v) is 7.56. The van der Waals surface area contributed by atoms with Crippen LogP contribution in [0.15, 0.2) is 12.1 Å². The van der Waals surface area contributed by atoms with Crippen LogP contribution >= 0.6 is 0 Å². The summed E-state index contributed by atoms with van der Waals surface area (Å²) < 4.78 is 0. The first-order chi connectivity index (χ1) is 9.58. The molecule has 1 aromatic heterocycles. The minimum Gasteiger partial charge on any atom is -0.478 e. The number of aryl methyl sites for hydroxylation is 1. The lowest BCUT2D eigenvalue weighted by atomic mass is 9.82. The number of carbonyl (C=O) groups is 1. The van der Waals surface area contributed by atoms with Gasteiger partial charge < -0.3 is 10.4 Å². The molecule has 2 N–H and O–H groups in total. The summed E-state index contributed by atoms with van der Waals surface area (Å²) in [5.41, 5.74) is 1.14. The Morgan fingerprint density at radius 1 is 1.45 bits per heavy atom. The number of hydrogen-bond donors (Lipinski definition) is 2. The van der Waals surface area contributed by atoms with Crippen LogP contribution in [0.2, 0.25) is 0 Å². The molecule has 2 atom stereocenters. The maximum atomic E-state index is 11.1. The maximum Gasteiger partial charge on any atom is 0.335 e. The van der Waals surface area contributed by atoms with E-state index in [1.54, 1.807) is 12.1 Å². The SMILES string of the molecule is CCc1cc(C(=O)O)cc(NCC2CCCC(C)C2)n1. The van der Waals surface area contributed by atoms with Crippen molar-refractivity contribution in [2.24, 2.45) is 11.8 Å². The lowest BCUT2D eigenvalue weighted by Crippen LogP contribution is -2.21. The van der Waals surface area contributed by atoms with Crippen LogP contribution in [-0.2, 0) is 6.42 Å². The second-order valence-electron chi connectivity index (χ2n) is 5.91. The molecule has 1 fully saturated rings. The minimum atomic E-state index is -0.892. The minimum absolute atomic E-state index is 0.316. The molecule has 0 spiro atoms. The summed E-state index contributed by atoms with van der Waals surface area (Å²) in [5.74, 6) is 1.29. The normalized spacial score (nSPS) is 22.5. The Morgan fingerprint density at radius 2 is 2.25 bits per heavy atom. The number of nitrogens with zero attached hydrogens (tertiary/aromatic N) is 1. The van der Waals surface area contributed by atoms with Gasteiger partial charge in [-0.15, -0.1) is 0 Å². The Bertz CT molecular complexity index is 474. The number of hydrogen-bond acceptors (Lipinski definition) is 3. The molecule has 1 heterocycles. The van der Waals surface area contributed by atoms with Crippen LogP contribution < -0.4 is 5.32 Å². The van der Waals surface area contributed by atoms with Gasteiger partial charge in [-0.2, -0.15) is 0 Å². The zero-order chi connectivity index (χ0) is 14.5. The quantitative estimate of drug-likeness (QED) is 0.863. The number of aromatic nitrogens is 1. The predicted octanol–water partition coefficient (Wildman–Crippen LogP) is 3.58. The summed E-state index contributed by atoms with van der Waals surface area (Å²) in [6, 6.07) is 3.28. The molecular formula is C16H24N2O2. The van der Waals surface area contributed by atoms with E-state index in [2.05, 4.69) is 17.2 Å². The molecule has 0 bridgehead atoms. The number of pyridine rings is 1. The molecular weight excluding hydrogens is 252 g/mol. The highest BCUT2D eigenvalue weighted by Crippen LogP contribution is 2.28. The second-order valence-corrected chi connectivity index (χ2v) is 5.91. The van der Waals surface area contributed by atoms with Crippen molar-refractivity contribution in [1.82, 2.24) is 4.98 Å². The molecule has 4 heteroatoms. The van der Waals surface area contributed by atoms with Crippen LogP contribution in [0.25, 0.3) is 0 Å². The van der Waals surface area contributed by atoms with Gasteiger partial charge in [0.05, 0.1) is 5.56 Å². The van der Waals surface area contributed by atoms with Gasteiger partial charge in [0.15, 0.2) is 0 Å². The zero-order valence-electron chi connectivity index (χ0n) is 12.4. The molecule has 20 heavy (non-hydrogen) atoms. The third-order valence-electron chi connectivity index (χ3n) is 4.10. The molecule has 4 nitrogen and oxygen atoms in total. The van der Waals surface area contributed by atoms with Crippen LogP contribution in [0.4, 0.5) is 5.82 Å².